The fraction of sp³-hybridized carbons (Fsp3) is 0. The van der Waals surface area contributed by atoms with Crippen molar-refractivity contribution in [1.29, 1.82) is 0 Å². The predicted molar refractivity (Wildman–Crippen MR) is 240 cm³/mol. The van der Waals surface area contributed by atoms with Gasteiger partial charge in [-0.3, -0.25) is 0 Å². The topological polar surface area (TPSA) is 51.6 Å². The van der Waals surface area contributed by atoms with Crippen LogP contribution < -0.4 is 0 Å². The standard InChI is InChI=1S/C54H34N4/c1-3-14-38(15-4-1)46-20-11-21-47-50(46)48-34-43(30-31-49(48)55-51(47)39-16-5-2-6-17-39)37-22-26-40(27-23-37)52-56-53(44-28-24-35-12-7-9-18-41(35)32-44)58-54(57-52)45-29-25-36-13-8-10-19-42(36)33-45/h1-34H. The van der Waals surface area contributed by atoms with E-state index in [1.165, 1.54) is 27.3 Å². The smallest absolute Gasteiger partial charge is 0.164 e. The van der Waals surface area contributed by atoms with Crippen LogP contribution in [0.5, 0.6) is 0 Å². The minimum atomic E-state index is 0.627. The molecule has 0 saturated carbocycles. The molecule has 0 amide bonds. The van der Waals surface area contributed by atoms with E-state index in [0.717, 1.165) is 66.1 Å². The van der Waals surface area contributed by atoms with Gasteiger partial charge in [0.2, 0.25) is 0 Å². The second kappa shape index (κ2) is 14.0. The van der Waals surface area contributed by atoms with Gasteiger partial charge in [0.25, 0.3) is 0 Å². The molecule has 58 heavy (non-hydrogen) atoms. The monoisotopic (exact) mass is 738 g/mol. The van der Waals surface area contributed by atoms with E-state index in [9.17, 15) is 0 Å². The molecule has 2 heterocycles. The molecule has 0 atom stereocenters. The summed E-state index contributed by atoms with van der Waals surface area (Å²) in [6.45, 7) is 0. The summed E-state index contributed by atoms with van der Waals surface area (Å²) in [6, 6.07) is 72.4. The second-order valence-electron chi connectivity index (χ2n) is 14.7. The molecule has 0 aliphatic rings. The van der Waals surface area contributed by atoms with Crippen molar-refractivity contribution in [3.05, 3.63) is 206 Å². The van der Waals surface area contributed by atoms with Crippen LogP contribution in [0.25, 0.3) is 111 Å². The Kier molecular flexibility index (Phi) is 8.11. The summed E-state index contributed by atoms with van der Waals surface area (Å²) >= 11 is 0. The number of pyridine rings is 1. The normalized spacial score (nSPS) is 11.4. The lowest BCUT2D eigenvalue weighted by Gasteiger charge is -2.15. The van der Waals surface area contributed by atoms with E-state index >= 15 is 0 Å². The number of benzene rings is 9. The maximum Gasteiger partial charge on any atom is 0.164 e. The zero-order chi connectivity index (χ0) is 38.4. The van der Waals surface area contributed by atoms with Crippen molar-refractivity contribution >= 4 is 43.2 Å². The van der Waals surface area contributed by atoms with Gasteiger partial charge in [0.1, 0.15) is 0 Å². The molecule has 0 bridgehead atoms. The number of fused-ring (bicyclic) bond motifs is 5. The highest BCUT2D eigenvalue weighted by atomic mass is 15.0. The molecule has 9 aromatic carbocycles. The highest BCUT2D eigenvalue weighted by Gasteiger charge is 2.17. The van der Waals surface area contributed by atoms with Gasteiger partial charge in [-0.15, -0.1) is 0 Å². The molecule has 11 aromatic rings. The summed E-state index contributed by atoms with van der Waals surface area (Å²) in [4.78, 5) is 20.5. The largest absolute Gasteiger partial charge is 0.247 e. The summed E-state index contributed by atoms with van der Waals surface area (Å²) in [5, 5.41) is 8.09. The molecule has 0 aliphatic carbocycles. The molecule has 0 saturated heterocycles. The Morgan fingerprint density at radius 3 is 1.38 bits per heavy atom. The van der Waals surface area contributed by atoms with Gasteiger partial charge in [-0.25, -0.2) is 19.9 Å². The van der Waals surface area contributed by atoms with Crippen LogP contribution in [0.15, 0.2) is 206 Å². The van der Waals surface area contributed by atoms with Crippen molar-refractivity contribution < 1.29 is 0 Å². The van der Waals surface area contributed by atoms with Gasteiger partial charge in [0.15, 0.2) is 17.5 Å². The summed E-state index contributed by atoms with van der Waals surface area (Å²) in [5.41, 5.74) is 10.4. The number of nitrogens with zero attached hydrogens (tertiary/aromatic N) is 4. The van der Waals surface area contributed by atoms with E-state index in [-0.39, 0.29) is 0 Å². The van der Waals surface area contributed by atoms with Crippen LogP contribution in [-0.4, -0.2) is 19.9 Å². The van der Waals surface area contributed by atoms with Gasteiger partial charge >= 0.3 is 0 Å². The van der Waals surface area contributed by atoms with Crippen molar-refractivity contribution in [2.24, 2.45) is 0 Å². The maximum atomic E-state index is 5.27. The van der Waals surface area contributed by atoms with Crippen LogP contribution in [0, 0.1) is 0 Å². The fourth-order valence-electron chi connectivity index (χ4n) is 8.14. The highest BCUT2D eigenvalue weighted by Crippen LogP contribution is 2.40. The second-order valence-corrected chi connectivity index (χ2v) is 14.7. The average molecular weight is 739 g/mol. The third kappa shape index (κ3) is 6.05. The zero-order valence-electron chi connectivity index (χ0n) is 31.4. The van der Waals surface area contributed by atoms with Crippen LogP contribution in [0.3, 0.4) is 0 Å². The van der Waals surface area contributed by atoms with E-state index in [1.54, 1.807) is 0 Å². The molecule has 0 unspecified atom stereocenters. The van der Waals surface area contributed by atoms with Gasteiger partial charge in [0.05, 0.1) is 11.2 Å². The van der Waals surface area contributed by atoms with Crippen LogP contribution in [0.2, 0.25) is 0 Å². The van der Waals surface area contributed by atoms with Crippen LogP contribution >= 0.6 is 0 Å². The Bertz CT molecular complexity index is 3220. The molecular formula is C54H34N4. The Morgan fingerprint density at radius 2 is 0.759 bits per heavy atom. The Morgan fingerprint density at radius 1 is 0.259 bits per heavy atom. The highest BCUT2D eigenvalue weighted by molar-refractivity contribution is 6.17. The Balaban J connectivity index is 1.04. The first-order valence-electron chi connectivity index (χ1n) is 19.5. The van der Waals surface area contributed by atoms with Gasteiger partial charge in [-0.05, 0) is 68.1 Å². The SMILES string of the molecule is c1ccc(-c2nc3ccc(-c4ccc(-c5nc(-c6ccc7ccccc7c6)nc(-c6ccc7ccccc7c6)n5)cc4)cc3c3c(-c4ccccc4)cccc23)cc1. The van der Waals surface area contributed by atoms with Gasteiger partial charge in [-0.1, -0.05) is 182 Å². The van der Waals surface area contributed by atoms with Crippen molar-refractivity contribution in [3.63, 3.8) is 0 Å². The number of hydrogen-bond acceptors (Lipinski definition) is 4. The molecule has 11 rings (SSSR count). The average Bonchev–Trinajstić information content (AvgIpc) is 3.31. The van der Waals surface area contributed by atoms with Gasteiger partial charge < -0.3 is 0 Å². The molecule has 4 nitrogen and oxygen atoms in total. The minimum Gasteiger partial charge on any atom is -0.247 e. The summed E-state index contributed by atoms with van der Waals surface area (Å²) in [5.74, 6) is 1.91. The lowest BCUT2D eigenvalue weighted by atomic mass is 9.91. The van der Waals surface area contributed by atoms with Crippen molar-refractivity contribution in [3.8, 4) is 67.7 Å². The lowest BCUT2D eigenvalue weighted by molar-refractivity contribution is 1.08. The Hall–Kier alpha value is -7.82. The number of rotatable bonds is 6. The van der Waals surface area contributed by atoms with Gasteiger partial charge in [-0.2, -0.15) is 0 Å². The van der Waals surface area contributed by atoms with Crippen molar-refractivity contribution in [2.75, 3.05) is 0 Å². The molecule has 0 N–H and O–H groups in total. The van der Waals surface area contributed by atoms with Crippen LogP contribution in [0.1, 0.15) is 0 Å². The molecule has 0 fully saturated rings. The van der Waals surface area contributed by atoms with Crippen LogP contribution in [0.4, 0.5) is 0 Å². The molecule has 270 valence electrons. The molecule has 2 aromatic heterocycles. The first kappa shape index (κ1) is 33.5. The first-order chi connectivity index (χ1) is 28.7. The molecule has 0 aliphatic heterocycles. The van der Waals surface area contributed by atoms with Gasteiger partial charge in [0, 0.05) is 38.4 Å². The van der Waals surface area contributed by atoms with Crippen LogP contribution in [-0.2, 0) is 0 Å². The Labute approximate surface area is 335 Å². The number of aromatic nitrogens is 4. The van der Waals surface area contributed by atoms with E-state index in [1.807, 2.05) is 6.07 Å². The zero-order valence-corrected chi connectivity index (χ0v) is 31.4. The fourth-order valence-corrected chi connectivity index (χ4v) is 8.14. The lowest BCUT2D eigenvalue weighted by Crippen LogP contribution is -2.00. The number of hydrogen-bond donors (Lipinski definition) is 0. The molecule has 0 radical (unpaired) electrons. The first-order valence-corrected chi connectivity index (χ1v) is 19.5. The van der Waals surface area contributed by atoms with Crippen molar-refractivity contribution in [1.82, 2.24) is 19.9 Å². The van der Waals surface area contributed by atoms with E-state index in [2.05, 4.69) is 200 Å². The van der Waals surface area contributed by atoms with E-state index in [0.29, 0.717) is 17.5 Å². The molecule has 0 spiro atoms. The predicted octanol–water partition coefficient (Wildman–Crippen LogP) is 13.9. The maximum absolute atomic E-state index is 5.27. The molecule has 4 heteroatoms. The van der Waals surface area contributed by atoms with E-state index < -0.39 is 0 Å². The van der Waals surface area contributed by atoms with E-state index in [4.69, 9.17) is 19.9 Å². The molecular weight excluding hydrogens is 705 g/mol. The van der Waals surface area contributed by atoms with Crippen molar-refractivity contribution in [2.45, 2.75) is 0 Å². The third-order valence-corrected chi connectivity index (χ3v) is 11.1. The summed E-state index contributed by atoms with van der Waals surface area (Å²) in [6.07, 6.45) is 0. The third-order valence-electron chi connectivity index (χ3n) is 11.1. The summed E-state index contributed by atoms with van der Waals surface area (Å²) in [7, 11) is 0. The minimum absolute atomic E-state index is 0.627. The summed E-state index contributed by atoms with van der Waals surface area (Å²) < 4.78 is 0. The quantitative estimate of drug-likeness (QED) is 0.159.